The Morgan fingerprint density at radius 2 is 1.97 bits per heavy atom. The van der Waals surface area contributed by atoms with Crippen LogP contribution in [0.15, 0.2) is 24.5 Å². The van der Waals surface area contributed by atoms with Crippen LogP contribution in [0.5, 0.6) is 5.75 Å². The lowest BCUT2D eigenvalue weighted by molar-refractivity contribution is -0.150. The third-order valence-corrected chi connectivity index (χ3v) is 8.03. The number of phenolic OH excluding ortho intramolecular Hbond substituents is 1. The van der Waals surface area contributed by atoms with E-state index >= 15 is 4.39 Å². The molecule has 196 valence electrons. The Labute approximate surface area is 204 Å². The predicted molar refractivity (Wildman–Crippen MR) is 119 cm³/mol. The van der Waals surface area contributed by atoms with Gasteiger partial charge in [0.1, 0.15) is 29.6 Å². The molecule has 2 fully saturated rings. The van der Waals surface area contributed by atoms with Crippen LogP contribution in [-0.2, 0) is 30.1 Å². The van der Waals surface area contributed by atoms with E-state index in [4.69, 9.17) is 10.5 Å². The van der Waals surface area contributed by atoms with Gasteiger partial charge in [-0.2, -0.15) is 17.8 Å². The number of anilines is 1. The molecule has 1 aromatic carbocycles. The highest BCUT2D eigenvalue weighted by atomic mass is 32.2. The molecule has 0 bridgehead atoms. The monoisotopic (exact) mass is 531 g/mol. The van der Waals surface area contributed by atoms with Gasteiger partial charge in [-0.1, -0.05) is 13.8 Å². The van der Waals surface area contributed by atoms with Crippen LogP contribution in [0.4, 0.5) is 18.9 Å². The first-order valence-electron chi connectivity index (χ1n) is 10.9. The number of alkyl halides is 2. The highest BCUT2D eigenvalue weighted by Crippen LogP contribution is 2.49. The van der Waals surface area contributed by atoms with Crippen molar-refractivity contribution in [3.8, 4) is 16.9 Å². The first kappa shape index (κ1) is 25.8. The van der Waals surface area contributed by atoms with Gasteiger partial charge < -0.3 is 15.6 Å². The molecule has 1 atom stereocenters. The van der Waals surface area contributed by atoms with E-state index in [1.165, 1.54) is 6.20 Å². The van der Waals surface area contributed by atoms with Crippen molar-refractivity contribution in [3.05, 3.63) is 30.3 Å². The van der Waals surface area contributed by atoms with E-state index in [0.29, 0.717) is 4.31 Å². The van der Waals surface area contributed by atoms with Crippen LogP contribution in [0.1, 0.15) is 26.7 Å². The lowest BCUT2D eigenvalue weighted by atomic mass is 10.1. The standard InChI is InChI=1S/C21H24F3N5O6S/c1-11(2)17(25)19(32)35-10-28-15(31)9-27(36(28,33)34)18-14(30)4-3-13(16(18)22)12-7-26-29(8-12)21(5-6-21)20(23)24/h3-4,7-8,11,17,20,30H,5-6,9-10,25H2,1-2H3. The van der Waals surface area contributed by atoms with Gasteiger partial charge in [0, 0.05) is 17.3 Å². The van der Waals surface area contributed by atoms with Gasteiger partial charge >= 0.3 is 16.2 Å². The first-order valence-corrected chi connectivity index (χ1v) is 12.3. The molecule has 3 N–H and O–H groups in total. The predicted octanol–water partition coefficient (Wildman–Crippen LogP) is 1.53. The van der Waals surface area contributed by atoms with Crippen molar-refractivity contribution in [1.29, 1.82) is 0 Å². The molecule has 2 aromatic rings. The van der Waals surface area contributed by atoms with Crippen molar-refractivity contribution in [1.82, 2.24) is 14.1 Å². The fourth-order valence-corrected chi connectivity index (χ4v) is 5.17. The molecule has 1 saturated heterocycles. The number of phenols is 1. The number of hydrogen-bond donors (Lipinski definition) is 2. The summed E-state index contributed by atoms with van der Waals surface area (Å²) >= 11 is 0. The Bertz CT molecular complexity index is 1310. The summed E-state index contributed by atoms with van der Waals surface area (Å²) in [6, 6.07) is 1.09. The van der Waals surface area contributed by atoms with Gasteiger partial charge in [-0.25, -0.2) is 17.5 Å². The zero-order valence-electron chi connectivity index (χ0n) is 19.3. The number of hydrogen-bond acceptors (Lipinski definition) is 8. The van der Waals surface area contributed by atoms with E-state index in [-0.39, 0.29) is 34.2 Å². The SMILES string of the molecule is CC(C)C(N)C(=O)OCN1C(=O)CN(c2c(O)ccc(-c3cnn(C4(C(F)F)CC4)c3)c2F)S1(=O)=O. The molecule has 1 aliphatic heterocycles. The summed E-state index contributed by atoms with van der Waals surface area (Å²) < 4.78 is 74.9. The number of nitrogens with zero attached hydrogens (tertiary/aromatic N) is 4. The van der Waals surface area contributed by atoms with Gasteiger partial charge in [0.25, 0.3) is 12.3 Å². The van der Waals surface area contributed by atoms with Crippen molar-refractivity contribution in [3.63, 3.8) is 0 Å². The molecule has 36 heavy (non-hydrogen) atoms. The molecule has 2 heterocycles. The van der Waals surface area contributed by atoms with Crippen molar-refractivity contribution in [2.24, 2.45) is 11.7 Å². The van der Waals surface area contributed by atoms with Crippen LogP contribution in [0.25, 0.3) is 11.1 Å². The smallest absolute Gasteiger partial charge is 0.332 e. The minimum Gasteiger partial charge on any atom is -0.506 e. The van der Waals surface area contributed by atoms with E-state index in [2.05, 4.69) is 5.10 Å². The van der Waals surface area contributed by atoms with Crippen LogP contribution in [0.3, 0.4) is 0 Å². The van der Waals surface area contributed by atoms with Crippen molar-refractivity contribution in [2.45, 2.75) is 44.7 Å². The molecular formula is C21H24F3N5O6S. The minimum atomic E-state index is -4.76. The molecule has 1 unspecified atom stereocenters. The Hall–Kier alpha value is -3.33. The van der Waals surface area contributed by atoms with Gasteiger partial charge in [-0.05, 0) is 30.9 Å². The average Bonchev–Trinajstić information content (AvgIpc) is 3.42. The molecule has 0 spiro atoms. The van der Waals surface area contributed by atoms with Crippen molar-refractivity contribution in [2.75, 3.05) is 17.6 Å². The lowest BCUT2D eigenvalue weighted by Crippen LogP contribution is -2.41. The number of benzene rings is 1. The minimum absolute atomic E-state index is 0.0667. The third-order valence-electron chi connectivity index (χ3n) is 6.29. The Kier molecular flexibility index (Phi) is 6.41. The number of amides is 1. The molecule has 11 nitrogen and oxygen atoms in total. The van der Waals surface area contributed by atoms with Gasteiger partial charge in [0.2, 0.25) is 0 Å². The van der Waals surface area contributed by atoms with Crippen molar-refractivity contribution < 1.29 is 41.0 Å². The van der Waals surface area contributed by atoms with Gasteiger partial charge in [-0.15, -0.1) is 0 Å². The summed E-state index contributed by atoms with van der Waals surface area (Å²) in [5, 5.41) is 14.2. The number of rotatable bonds is 8. The summed E-state index contributed by atoms with van der Waals surface area (Å²) in [6.07, 6.45) is 0.0829. The van der Waals surface area contributed by atoms with Crippen LogP contribution in [-0.4, -0.2) is 65.2 Å². The molecule has 1 saturated carbocycles. The lowest BCUT2D eigenvalue weighted by Gasteiger charge is -2.22. The summed E-state index contributed by atoms with van der Waals surface area (Å²) in [5.41, 5.74) is 3.21. The number of aromatic hydroxyl groups is 1. The molecule has 1 aliphatic carbocycles. The maximum atomic E-state index is 15.6. The van der Waals surface area contributed by atoms with Gasteiger partial charge in [0.05, 0.1) is 6.20 Å². The first-order chi connectivity index (χ1) is 16.8. The topological polar surface area (TPSA) is 148 Å². The number of carbonyl (C=O) groups excluding carboxylic acids is 2. The second-order valence-electron chi connectivity index (χ2n) is 8.99. The summed E-state index contributed by atoms with van der Waals surface area (Å²) in [6.45, 7) is 1.43. The molecular weight excluding hydrogens is 507 g/mol. The van der Waals surface area contributed by atoms with Gasteiger partial charge in [0.15, 0.2) is 12.5 Å². The van der Waals surface area contributed by atoms with E-state index in [9.17, 15) is 31.9 Å². The molecule has 4 rings (SSSR count). The second-order valence-corrected chi connectivity index (χ2v) is 10.8. The summed E-state index contributed by atoms with van der Waals surface area (Å²) in [4.78, 5) is 24.4. The van der Waals surface area contributed by atoms with Crippen LogP contribution in [0.2, 0.25) is 0 Å². The normalized spacial score (nSPS) is 19.3. The maximum Gasteiger partial charge on any atom is 0.332 e. The molecule has 1 aromatic heterocycles. The fraction of sp³-hybridized carbons (Fsp3) is 0.476. The third kappa shape index (κ3) is 4.15. The zero-order valence-corrected chi connectivity index (χ0v) is 20.1. The van der Waals surface area contributed by atoms with E-state index in [1.54, 1.807) is 13.8 Å². The highest BCUT2D eigenvalue weighted by Gasteiger charge is 2.54. The molecule has 0 radical (unpaired) electrons. The van der Waals surface area contributed by atoms with Gasteiger partial charge in [-0.3, -0.25) is 14.3 Å². The molecule has 15 heteroatoms. The Morgan fingerprint density at radius 1 is 1.31 bits per heavy atom. The zero-order chi connectivity index (χ0) is 26.6. The maximum absolute atomic E-state index is 15.6. The Balaban J connectivity index is 1.63. The Morgan fingerprint density at radius 3 is 2.56 bits per heavy atom. The highest BCUT2D eigenvalue weighted by molar-refractivity contribution is 7.91. The van der Waals surface area contributed by atoms with Crippen molar-refractivity contribution >= 4 is 27.8 Å². The number of aromatic nitrogens is 2. The van der Waals surface area contributed by atoms with E-state index < -0.39 is 70.6 Å². The summed E-state index contributed by atoms with van der Waals surface area (Å²) in [5.74, 6) is -4.28. The number of nitrogens with two attached hydrogens (primary N) is 1. The fourth-order valence-electron chi connectivity index (χ4n) is 3.75. The summed E-state index contributed by atoms with van der Waals surface area (Å²) in [7, 11) is -4.76. The van der Waals surface area contributed by atoms with Crippen LogP contribution >= 0.6 is 0 Å². The average molecular weight is 532 g/mol. The van der Waals surface area contributed by atoms with Crippen LogP contribution in [0, 0.1) is 11.7 Å². The number of ether oxygens (including phenoxy) is 1. The van der Waals surface area contributed by atoms with Crippen LogP contribution < -0.4 is 10.0 Å². The molecule has 1 amide bonds. The number of esters is 1. The van der Waals surface area contributed by atoms with E-state index in [1.807, 2.05) is 0 Å². The number of carbonyl (C=O) groups is 2. The largest absolute Gasteiger partial charge is 0.506 e. The second kappa shape index (κ2) is 8.96. The molecule has 2 aliphatic rings. The quantitative estimate of drug-likeness (QED) is 0.488. The van der Waals surface area contributed by atoms with E-state index in [0.717, 1.165) is 23.0 Å². The number of halogens is 3.